The molecule has 0 aliphatic rings. The summed E-state index contributed by atoms with van der Waals surface area (Å²) in [5.41, 5.74) is -0.647. The second-order valence-electron chi connectivity index (χ2n) is 4.14. The zero-order valence-electron chi connectivity index (χ0n) is 10.4. The zero-order valence-corrected chi connectivity index (χ0v) is 13.5. The largest absolute Gasteiger partial charge is 1.00 e. The van der Waals surface area contributed by atoms with E-state index in [2.05, 4.69) is 0 Å². The van der Waals surface area contributed by atoms with Crippen molar-refractivity contribution in [3.8, 4) is 5.75 Å². The molecule has 90 valence electrons. The van der Waals surface area contributed by atoms with Crippen molar-refractivity contribution in [2.45, 2.75) is 20.3 Å². The fraction of sp³-hybridized carbons (Fsp3) is 0.455. The molecule has 0 saturated carbocycles. The van der Waals surface area contributed by atoms with E-state index in [0.717, 1.165) is 12.5 Å². The summed E-state index contributed by atoms with van der Waals surface area (Å²) in [6.07, 6.45) is 0.749. The van der Waals surface area contributed by atoms with Crippen LogP contribution in [-0.4, -0.2) is 13.6 Å². The molecule has 6 heteroatoms. The van der Waals surface area contributed by atoms with E-state index in [1.807, 2.05) is 13.8 Å². The molecule has 0 spiro atoms. The van der Waals surface area contributed by atoms with Crippen molar-refractivity contribution in [1.82, 2.24) is 0 Å². The summed E-state index contributed by atoms with van der Waals surface area (Å²) in [4.78, 5) is 0. The first kappa shape index (κ1) is 17.5. The molecule has 0 heterocycles. The van der Waals surface area contributed by atoms with Crippen LogP contribution in [0.3, 0.4) is 0 Å². The molecule has 17 heavy (non-hydrogen) atoms. The molecule has 0 amide bonds. The van der Waals surface area contributed by atoms with Crippen LogP contribution < -0.4 is 61.6 Å². The molecule has 1 aromatic rings. The normalized spacial score (nSPS) is 11.2. The van der Waals surface area contributed by atoms with Gasteiger partial charge in [-0.2, -0.15) is 0 Å². The van der Waals surface area contributed by atoms with Crippen LogP contribution in [0.15, 0.2) is 24.3 Å². The third-order valence-electron chi connectivity index (χ3n) is 2.22. The van der Waals surface area contributed by atoms with Gasteiger partial charge >= 0.3 is 58.4 Å². The van der Waals surface area contributed by atoms with E-state index in [-0.39, 0.29) is 57.1 Å². The van der Waals surface area contributed by atoms with Gasteiger partial charge in [0, 0.05) is 0 Å². The van der Waals surface area contributed by atoms with Crippen molar-refractivity contribution in [2.75, 3.05) is 6.61 Å². The second kappa shape index (κ2) is 7.84. The maximum absolute atomic E-state index is 12.6. The molecular weight excluding hydrogens is 255 g/mol. The van der Waals surface area contributed by atoms with Gasteiger partial charge in [0.05, 0.1) is 12.4 Å². The fourth-order valence-corrected chi connectivity index (χ4v) is 1.29. The summed E-state index contributed by atoms with van der Waals surface area (Å²) in [6.45, 7) is -0.669. The van der Waals surface area contributed by atoms with Gasteiger partial charge in [-0.15, -0.1) is 0 Å². The SMILES string of the molecule is CC(C)CCOc1ccccc1[B-](F)(F)F.[K+]. The molecule has 1 aromatic carbocycles. The first-order valence-corrected chi connectivity index (χ1v) is 5.33. The van der Waals surface area contributed by atoms with Crippen LogP contribution in [0.25, 0.3) is 0 Å². The number of para-hydroxylation sites is 1. The topological polar surface area (TPSA) is 9.23 Å². The van der Waals surface area contributed by atoms with Gasteiger partial charge < -0.3 is 17.7 Å². The van der Waals surface area contributed by atoms with Gasteiger partial charge in [0.1, 0.15) is 0 Å². The molecule has 0 N–H and O–H groups in total. The van der Waals surface area contributed by atoms with Crippen molar-refractivity contribution in [2.24, 2.45) is 5.92 Å². The third kappa shape index (κ3) is 6.29. The minimum Gasteiger partial charge on any atom is -0.497 e. The van der Waals surface area contributed by atoms with Crippen LogP contribution >= 0.6 is 0 Å². The Kier molecular flexibility index (Phi) is 8.08. The number of rotatable bonds is 5. The van der Waals surface area contributed by atoms with Gasteiger partial charge in [0.2, 0.25) is 0 Å². The number of benzene rings is 1. The van der Waals surface area contributed by atoms with E-state index < -0.39 is 12.4 Å². The average Bonchev–Trinajstić information content (AvgIpc) is 2.16. The van der Waals surface area contributed by atoms with E-state index in [4.69, 9.17) is 4.74 Å². The van der Waals surface area contributed by atoms with E-state index in [0.29, 0.717) is 12.5 Å². The molecule has 0 saturated heterocycles. The molecule has 1 nitrogen and oxygen atoms in total. The minimum atomic E-state index is -5.00. The maximum atomic E-state index is 12.6. The monoisotopic (exact) mass is 270 g/mol. The van der Waals surface area contributed by atoms with Crippen LogP contribution in [0.2, 0.25) is 0 Å². The summed E-state index contributed by atoms with van der Waals surface area (Å²) in [6, 6.07) is 5.35. The Balaban J connectivity index is 0.00000256. The Labute approximate surface area is 143 Å². The molecule has 0 radical (unpaired) electrons. The standard InChI is InChI=1S/C11H15BF3O.K/c1-9(2)7-8-16-11-6-4-3-5-10(11)12(13,14)15;/h3-6,9H,7-8H2,1-2H3;/q-1;+1. The average molecular weight is 270 g/mol. The van der Waals surface area contributed by atoms with E-state index in [1.54, 1.807) is 6.07 Å². The van der Waals surface area contributed by atoms with E-state index in [9.17, 15) is 12.9 Å². The first-order valence-electron chi connectivity index (χ1n) is 5.33. The zero-order chi connectivity index (χ0) is 12.2. The van der Waals surface area contributed by atoms with Gasteiger partial charge in [-0.05, 0) is 18.4 Å². The third-order valence-corrected chi connectivity index (χ3v) is 2.22. The number of ether oxygens (including phenoxy) is 1. The molecule has 0 aliphatic carbocycles. The van der Waals surface area contributed by atoms with Crippen molar-refractivity contribution in [3.63, 3.8) is 0 Å². The van der Waals surface area contributed by atoms with Crippen LogP contribution in [-0.2, 0) is 0 Å². The van der Waals surface area contributed by atoms with Crippen molar-refractivity contribution >= 4 is 12.4 Å². The Morgan fingerprint density at radius 2 is 1.76 bits per heavy atom. The van der Waals surface area contributed by atoms with Crippen LogP contribution in [0.1, 0.15) is 20.3 Å². The molecule has 0 aromatic heterocycles. The Hall–Kier alpha value is 0.511. The predicted octanol–water partition coefficient (Wildman–Crippen LogP) is 0.170. The number of hydrogen-bond acceptors (Lipinski definition) is 1. The molecule has 0 unspecified atom stereocenters. The Morgan fingerprint density at radius 3 is 2.29 bits per heavy atom. The molecule has 0 fully saturated rings. The Bertz CT molecular complexity index is 342. The summed E-state index contributed by atoms with van der Waals surface area (Å²) >= 11 is 0. The van der Waals surface area contributed by atoms with Crippen molar-refractivity contribution in [1.29, 1.82) is 0 Å². The molecule has 0 bridgehead atoms. The van der Waals surface area contributed by atoms with E-state index in [1.165, 1.54) is 12.1 Å². The van der Waals surface area contributed by atoms with Crippen molar-refractivity contribution in [3.05, 3.63) is 24.3 Å². The second-order valence-corrected chi connectivity index (χ2v) is 4.14. The predicted molar refractivity (Wildman–Crippen MR) is 60.1 cm³/mol. The minimum absolute atomic E-state index is 0. The molecule has 1 rings (SSSR count). The summed E-state index contributed by atoms with van der Waals surface area (Å²) < 4.78 is 43.0. The van der Waals surface area contributed by atoms with Crippen molar-refractivity contribution < 1.29 is 69.1 Å². The van der Waals surface area contributed by atoms with Gasteiger partial charge in [-0.1, -0.05) is 37.5 Å². The van der Waals surface area contributed by atoms with Gasteiger partial charge in [-0.3, -0.25) is 0 Å². The van der Waals surface area contributed by atoms with E-state index >= 15 is 0 Å². The van der Waals surface area contributed by atoms with Gasteiger partial charge in [-0.25, -0.2) is 0 Å². The molecule has 0 atom stereocenters. The smallest absolute Gasteiger partial charge is 0.497 e. The van der Waals surface area contributed by atoms with Crippen LogP contribution in [0, 0.1) is 5.92 Å². The number of halogens is 3. The number of hydrogen-bond donors (Lipinski definition) is 0. The maximum Gasteiger partial charge on any atom is 1.00 e. The van der Waals surface area contributed by atoms with Crippen LogP contribution in [0.4, 0.5) is 12.9 Å². The van der Waals surface area contributed by atoms with Crippen LogP contribution in [0.5, 0.6) is 5.75 Å². The quantitative estimate of drug-likeness (QED) is 0.693. The molecular formula is C11H15BF3KO. The summed E-state index contributed by atoms with van der Waals surface area (Å²) in [5.74, 6) is 0.360. The van der Waals surface area contributed by atoms with Gasteiger partial charge in [0.15, 0.2) is 0 Å². The first-order chi connectivity index (χ1) is 7.41. The molecule has 0 aliphatic heterocycles. The Morgan fingerprint density at radius 1 is 1.18 bits per heavy atom. The summed E-state index contributed by atoms with van der Waals surface area (Å²) in [7, 11) is 0. The summed E-state index contributed by atoms with van der Waals surface area (Å²) in [5, 5.41) is 0. The van der Waals surface area contributed by atoms with Gasteiger partial charge in [0.25, 0.3) is 0 Å². The fourth-order valence-electron chi connectivity index (χ4n) is 1.29.